The molecule has 2 aromatic heterocycles. The highest BCUT2D eigenvalue weighted by Crippen LogP contribution is 2.43. The maximum Gasteiger partial charge on any atom is 0.317 e. The molecule has 1 N–H and O–H groups in total. The van der Waals surface area contributed by atoms with Gasteiger partial charge in [-0.1, -0.05) is 97.1 Å². The van der Waals surface area contributed by atoms with Crippen LogP contribution in [0.1, 0.15) is 34.3 Å². The van der Waals surface area contributed by atoms with E-state index in [0.717, 1.165) is 39.3 Å². The lowest BCUT2D eigenvalue weighted by atomic mass is 9.88. The van der Waals surface area contributed by atoms with Gasteiger partial charge < -0.3 is 9.84 Å². The van der Waals surface area contributed by atoms with Crippen molar-refractivity contribution in [3.63, 3.8) is 0 Å². The Balaban J connectivity index is 0.000000159. The fourth-order valence-corrected chi connectivity index (χ4v) is 7.91. The second-order valence-corrected chi connectivity index (χ2v) is 13.4. The fraction of sp³-hybridized carbons (Fsp3) is 0.122. The van der Waals surface area contributed by atoms with Gasteiger partial charge in [0.25, 0.3) is 0 Å². The summed E-state index contributed by atoms with van der Waals surface area (Å²) in [4.78, 5) is 24.9. The summed E-state index contributed by atoms with van der Waals surface area (Å²) in [6.45, 7) is 0. The first kappa shape index (κ1) is 33.6. The number of ether oxygens (including phenoxy) is 1. The smallest absolute Gasteiger partial charge is 0.317 e. The number of carbonyl (C=O) groups excluding carboxylic acids is 1. The Hall–Kier alpha value is -5.84. The number of methoxy groups -OCH3 is 1. The molecule has 254 valence electrons. The first-order valence-electron chi connectivity index (χ1n) is 16.4. The van der Waals surface area contributed by atoms with Crippen molar-refractivity contribution in [3.05, 3.63) is 177 Å². The van der Waals surface area contributed by atoms with Crippen molar-refractivity contribution in [3.8, 4) is 0 Å². The number of hydrogen-bond donors (Lipinski definition) is 1. The molecule has 0 fully saturated rings. The number of benzene rings is 4. The second kappa shape index (κ2) is 15.4. The molecule has 0 aliphatic carbocycles. The van der Waals surface area contributed by atoms with Crippen LogP contribution >= 0.6 is 22.7 Å². The summed E-state index contributed by atoms with van der Waals surface area (Å²) in [6, 6.07) is 42.5. The molecule has 0 saturated carbocycles. The van der Waals surface area contributed by atoms with E-state index in [-0.39, 0.29) is 18.1 Å². The third kappa shape index (κ3) is 6.96. The number of thiophene rings is 2. The molecule has 2 aliphatic heterocycles. The molecule has 0 amide bonds. The van der Waals surface area contributed by atoms with E-state index >= 15 is 0 Å². The molecule has 0 spiro atoms. The number of hydrogen-bond acceptors (Lipinski definition) is 9. The van der Waals surface area contributed by atoms with Crippen molar-refractivity contribution in [2.24, 2.45) is 22.0 Å². The van der Waals surface area contributed by atoms with Crippen LogP contribution in [0, 0.1) is 11.8 Å². The van der Waals surface area contributed by atoms with E-state index in [2.05, 4.69) is 5.38 Å². The van der Waals surface area contributed by atoms with E-state index in [1.807, 2.05) is 160 Å². The van der Waals surface area contributed by atoms with Crippen LogP contribution in [0.4, 0.5) is 11.4 Å². The molecule has 4 aromatic carbocycles. The lowest BCUT2D eigenvalue weighted by Gasteiger charge is -2.26. The lowest BCUT2D eigenvalue weighted by Crippen LogP contribution is -2.32. The molecule has 0 saturated heterocycles. The Kier molecular flexibility index (Phi) is 10.1. The van der Waals surface area contributed by atoms with Crippen LogP contribution in [-0.4, -0.2) is 35.6 Å². The highest BCUT2D eigenvalue weighted by Gasteiger charge is 2.46. The number of esters is 1. The Morgan fingerprint density at radius 2 is 0.980 bits per heavy atom. The molecule has 2 aliphatic rings. The Bertz CT molecular complexity index is 2110. The first-order chi connectivity index (χ1) is 25.0. The lowest BCUT2D eigenvalue weighted by molar-refractivity contribution is -0.143. The maximum absolute atomic E-state index is 12.8. The summed E-state index contributed by atoms with van der Waals surface area (Å²) < 4.78 is 5.16. The summed E-state index contributed by atoms with van der Waals surface area (Å²) in [6.07, 6.45) is 0. The predicted octanol–water partition coefficient (Wildman–Crippen LogP) is 8.92. The van der Waals surface area contributed by atoms with Crippen LogP contribution in [0.2, 0.25) is 0 Å². The van der Waals surface area contributed by atoms with Crippen molar-refractivity contribution in [1.82, 2.24) is 0 Å². The highest BCUT2D eigenvalue weighted by molar-refractivity contribution is 7.08. The number of carboxylic acid groups (broad SMARTS) is 1. The van der Waals surface area contributed by atoms with Gasteiger partial charge in [0.1, 0.15) is 11.8 Å². The van der Waals surface area contributed by atoms with Crippen LogP contribution in [0.25, 0.3) is 0 Å². The number of carbonyl (C=O) groups is 2. The van der Waals surface area contributed by atoms with Gasteiger partial charge in [0.15, 0.2) is 0 Å². The average molecular weight is 711 g/mol. The largest absolute Gasteiger partial charge is 0.481 e. The van der Waals surface area contributed by atoms with Gasteiger partial charge in [-0.2, -0.15) is 32.9 Å². The summed E-state index contributed by atoms with van der Waals surface area (Å²) in [5.74, 6) is -2.35. The monoisotopic (exact) mass is 710 g/mol. The van der Waals surface area contributed by atoms with Crippen LogP contribution in [0.15, 0.2) is 165 Å². The third-order valence-corrected chi connectivity index (χ3v) is 10.3. The molecule has 51 heavy (non-hydrogen) atoms. The van der Waals surface area contributed by atoms with E-state index < -0.39 is 17.8 Å². The van der Waals surface area contributed by atoms with Gasteiger partial charge in [-0.3, -0.25) is 19.6 Å². The topological polar surface area (TPSA) is 94.8 Å². The van der Waals surface area contributed by atoms with Gasteiger partial charge in [0.2, 0.25) is 0 Å². The van der Waals surface area contributed by atoms with Gasteiger partial charge >= 0.3 is 11.9 Å². The van der Waals surface area contributed by atoms with Crippen molar-refractivity contribution >= 4 is 57.4 Å². The van der Waals surface area contributed by atoms with Gasteiger partial charge in [-0.25, -0.2) is 0 Å². The van der Waals surface area contributed by atoms with E-state index in [1.54, 1.807) is 22.7 Å². The molecule has 4 heterocycles. The minimum Gasteiger partial charge on any atom is -0.481 e. The van der Waals surface area contributed by atoms with Crippen LogP contribution < -0.4 is 10.0 Å². The van der Waals surface area contributed by atoms with E-state index in [4.69, 9.17) is 14.9 Å². The number of aliphatic carboxylic acids is 1. The van der Waals surface area contributed by atoms with E-state index in [1.165, 1.54) is 7.11 Å². The fourth-order valence-electron chi connectivity index (χ4n) is 6.53. The standard InChI is InChI=1S/C21H18N2O2S.C20H16N2O2S/c1-25-21(24)18-19(15-8-4-2-5-9-15)22-23(17-10-6-3-7-11-17)20(18)16-12-13-26-14-16;23-20(24)17-18(14-7-3-1-4-8-14)21-22(16-9-5-2-6-10-16)19(17)15-11-12-25-13-15/h2-14,18,20H,1H3;1-13,17,19H,(H,23,24). The zero-order chi connectivity index (χ0) is 35.2. The summed E-state index contributed by atoms with van der Waals surface area (Å²) in [5, 5.41) is 31.4. The minimum absolute atomic E-state index is 0.230. The van der Waals surface area contributed by atoms with Gasteiger partial charge in [0.05, 0.1) is 42.0 Å². The quantitative estimate of drug-likeness (QED) is 0.159. The van der Waals surface area contributed by atoms with Crippen LogP contribution in [0.5, 0.6) is 0 Å². The first-order valence-corrected chi connectivity index (χ1v) is 18.2. The Labute approximate surface area is 304 Å². The molecule has 8 rings (SSSR count). The molecule has 6 aromatic rings. The predicted molar refractivity (Wildman–Crippen MR) is 205 cm³/mol. The SMILES string of the molecule is COC(=O)C1C(c2ccccc2)=NN(c2ccccc2)C1c1ccsc1.O=C(O)C1C(c2ccccc2)=NN(c2ccccc2)C1c1ccsc1. The average Bonchev–Trinajstić information content (AvgIpc) is 4.02. The number of nitrogens with zero attached hydrogens (tertiary/aromatic N) is 4. The molecule has 4 atom stereocenters. The Morgan fingerprint density at radius 1 is 0.588 bits per heavy atom. The second-order valence-electron chi connectivity index (χ2n) is 11.9. The van der Waals surface area contributed by atoms with Crippen molar-refractivity contribution in [1.29, 1.82) is 0 Å². The summed E-state index contributed by atoms with van der Waals surface area (Å²) in [7, 11) is 1.43. The van der Waals surface area contributed by atoms with Gasteiger partial charge in [-0.05, 0) is 80.2 Å². The van der Waals surface area contributed by atoms with Gasteiger partial charge in [0, 0.05) is 0 Å². The number of rotatable bonds is 8. The van der Waals surface area contributed by atoms with Crippen molar-refractivity contribution in [2.75, 3.05) is 17.1 Å². The van der Waals surface area contributed by atoms with Crippen LogP contribution in [0.3, 0.4) is 0 Å². The van der Waals surface area contributed by atoms with Crippen molar-refractivity contribution < 1.29 is 19.4 Å². The number of carboxylic acids is 1. The third-order valence-electron chi connectivity index (χ3n) is 8.85. The zero-order valence-electron chi connectivity index (χ0n) is 27.6. The minimum atomic E-state index is -0.864. The Morgan fingerprint density at radius 3 is 1.35 bits per heavy atom. The van der Waals surface area contributed by atoms with E-state index in [0.29, 0.717) is 5.71 Å². The zero-order valence-corrected chi connectivity index (χ0v) is 29.2. The number of para-hydroxylation sites is 2. The summed E-state index contributed by atoms with van der Waals surface area (Å²) in [5.41, 5.74) is 6.96. The van der Waals surface area contributed by atoms with E-state index in [9.17, 15) is 14.7 Å². The number of anilines is 2. The molecular weight excluding hydrogens is 677 g/mol. The highest BCUT2D eigenvalue weighted by atomic mass is 32.1. The molecular formula is C41H34N4O4S2. The number of hydrazone groups is 2. The maximum atomic E-state index is 12.8. The van der Waals surface area contributed by atoms with Crippen molar-refractivity contribution in [2.45, 2.75) is 12.1 Å². The molecule has 0 radical (unpaired) electrons. The molecule has 10 heteroatoms. The van der Waals surface area contributed by atoms with Gasteiger partial charge in [-0.15, -0.1) is 0 Å². The molecule has 8 nitrogen and oxygen atoms in total. The molecule has 0 bridgehead atoms. The normalized spacial score (nSPS) is 19.5. The van der Waals surface area contributed by atoms with Crippen LogP contribution in [-0.2, 0) is 14.3 Å². The molecule has 4 unspecified atom stereocenters. The summed E-state index contributed by atoms with van der Waals surface area (Å²) >= 11 is 3.18.